The SMILES string of the molecule is O=C(Nc1cccc(C2CCCN(c3ncnc4[nH]ccc34)C2)c1)Nc1ccccc1N1CCCC1=O. The maximum absolute atomic E-state index is 12.9. The van der Waals surface area contributed by atoms with E-state index in [-0.39, 0.29) is 11.9 Å². The number of para-hydroxylation sites is 2. The molecule has 37 heavy (non-hydrogen) atoms. The molecule has 2 fully saturated rings. The van der Waals surface area contributed by atoms with Crippen molar-refractivity contribution in [2.24, 2.45) is 0 Å². The van der Waals surface area contributed by atoms with Crippen LogP contribution in [0.2, 0.25) is 0 Å². The lowest BCUT2D eigenvalue weighted by molar-refractivity contribution is -0.117. The number of hydrogen-bond acceptors (Lipinski definition) is 5. The van der Waals surface area contributed by atoms with Crippen LogP contribution in [0.3, 0.4) is 0 Å². The van der Waals surface area contributed by atoms with Crippen molar-refractivity contribution in [2.45, 2.75) is 31.6 Å². The van der Waals surface area contributed by atoms with E-state index in [0.29, 0.717) is 24.6 Å². The van der Waals surface area contributed by atoms with Crippen LogP contribution in [0.5, 0.6) is 0 Å². The van der Waals surface area contributed by atoms with Crippen LogP contribution in [0, 0.1) is 0 Å². The predicted molar refractivity (Wildman–Crippen MR) is 145 cm³/mol. The van der Waals surface area contributed by atoms with Gasteiger partial charge in [-0.1, -0.05) is 24.3 Å². The van der Waals surface area contributed by atoms with E-state index in [1.54, 1.807) is 11.2 Å². The molecular weight excluding hydrogens is 466 g/mol. The van der Waals surface area contributed by atoms with Crippen molar-refractivity contribution in [3.63, 3.8) is 0 Å². The van der Waals surface area contributed by atoms with Gasteiger partial charge in [-0.3, -0.25) is 4.79 Å². The Labute approximate surface area is 214 Å². The van der Waals surface area contributed by atoms with Crippen LogP contribution in [0.4, 0.5) is 27.7 Å². The molecule has 2 aromatic heterocycles. The van der Waals surface area contributed by atoms with E-state index in [1.165, 1.54) is 5.56 Å². The topological polar surface area (TPSA) is 106 Å². The van der Waals surface area contributed by atoms with Gasteiger partial charge in [-0.25, -0.2) is 14.8 Å². The molecule has 2 aliphatic rings. The first-order chi connectivity index (χ1) is 18.2. The minimum Gasteiger partial charge on any atom is -0.355 e. The van der Waals surface area contributed by atoms with E-state index < -0.39 is 0 Å². The first-order valence-corrected chi connectivity index (χ1v) is 12.8. The number of nitrogens with zero attached hydrogens (tertiary/aromatic N) is 4. The average Bonchev–Trinajstić information content (AvgIpc) is 3.58. The molecule has 2 aliphatic heterocycles. The third-order valence-corrected chi connectivity index (χ3v) is 7.19. The van der Waals surface area contributed by atoms with Crippen LogP contribution in [0.25, 0.3) is 11.0 Å². The Balaban J connectivity index is 1.15. The second-order valence-corrected chi connectivity index (χ2v) is 9.59. The molecule has 0 saturated carbocycles. The first kappa shape index (κ1) is 23.0. The monoisotopic (exact) mass is 495 g/mol. The number of urea groups is 1. The summed E-state index contributed by atoms with van der Waals surface area (Å²) in [5.41, 5.74) is 4.12. The third-order valence-electron chi connectivity index (χ3n) is 7.19. The smallest absolute Gasteiger partial charge is 0.323 e. The molecule has 4 heterocycles. The van der Waals surface area contributed by atoms with Crippen molar-refractivity contribution in [1.82, 2.24) is 15.0 Å². The standard InChI is InChI=1S/C28H29N7O2/c36-25-11-5-15-35(25)24-10-2-1-9-23(24)33-28(37)32-21-8-3-6-19(16-21)20-7-4-14-34(17-20)27-22-12-13-29-26(22)30-18-31-27/h1-3,6,8-10,12-13,16,18,20H,4-5,7,11,14-15,17H2,(H,29,30,31)(H2,32,33,37). The number of aromatic amines is 1. The highest BCUT2D eigenvalue weighted by molar-refractivity contribution is 6.05. The molecule has 0 aliphatic carbocycles. The Morgan fingerprint density at radius 2 is 1.92 bits per heavy atom. The minimum atomic E-state index is -0.336. The van der Waals surface area contributed by atoms with Gasteiger partial charge in [0.05, 0.1) is 16.8 Å². The number of benzene rings is 2. The summed E-state index contributed by atoms with van der Waals surface area (Å²) >= 11 is 0. The van der Waals surface area contributed by atoms with Gasteiger partial charge >= 0.3 is 6.03 Å². The number of hydrogen-bond donors (Lipinski definition) is 3. The van der Waals surface area contributed by atoms with Gasteiger partial charge < -0.3 is 25.4 Å². The lowest BCUT2D eigenvalue weighted by Gasteiger charge is -2.34. The van der Waals surface area contributed by atoms with Crippen LogP contribution in [0.1, 0.15) is 37.2 Å². The van der Waals surface area contributed by atoms with Crippen LogP contribution in [-0.4, -0.2) is 46.5 Å². The molecule has 6 rings (SSSR count). The number of fused-ring (bicyclic) bond motifs is 1. The lowest BCUT2D eigenvalue weighted by atomic mass is 9.90. The van der Waals surface area contributed by atoms with Crippen molar-refractivity contribution in [3.8, 4) is 0 Å². The van der Waals surface area contributed by atoms with E-state index in [2.05, 4.69) is 42.6 Å². The molecule has 1 atom stereocenters. The number of carbonyl (C=O) groups excluding carboxylic acids is 2. The van der Waals surface area contributed by atoms with Gasteiger partial charge in [0.25, 0.3) is 0 Å². The summed E-state index contributed by atoms with van der Waals surface area (Å²) in [6, 6.07) is 17.2. The molecule has 9 heteroatoms. The molecule has 4 aromatic rings. The first-order valence-electron chi connectivity index (χ1n) is 12.8. The fraction of sp³-hybridized carbons (Fsp3) is 0.286. The normalized spacial score (nSPS) is 17.8. The highest BCUT2D eigenvalue weighted by Crippen LogP contribution is 2.33. The van der Waals surface area contributed by atoms with Crippen LogP contribution >= 0.6 is 0 Å². The Kier molecular flexibility index (Phi) is 6.18. The zero-order valence-electron chi connectivity index (χ0n) is 20.5. The second-order valence-electron chi connectivity index (χ2n) is 9.59. The summed E-state index contributed by atoms with van der Waals surface area (Å²) < 4.78 is 0. The van der Waals surface area contributed by atoms with Crippen LogP contribution in [-0.2, 0) is 4.79 Å². The van der Waals surface area contributed by atoms with Crippen molar-refractivity contribution in [3.05, 3.63) is 72.7 Å². The Morgan fingerprint density at radius 3 is 2.81 bits per heavy atom. The number of H-pyrrole nitrogens is 1. The van der Waals surface area contributed by atoms with E-state index in [0.717, 1.165) is 60.6 Å². The zero-order valence-corrected chi connectivity index (χ0v) is 20.5. The fourth-order valence-electron chi connectivity index (χ4n) is 5.42. The Morgan fingerprint density at radius 1 is 1.00 bits per heavy atom. The number of rotatable bonds is 5. The predicted octanol–water partition coefficient (Wildman–Crippen LogP) is 5.11. The van der Waals surface area contributed by atoms with Gasteiger partial charge in [0.15, 0.2) is 0 Å². The summed E-state index contributed by atoms with van der Waals surface area (Å²) in [5, 5.41) is 6.93. The van der Waals surface area contributed by atoms with Crippen LogP contribution < -0.4 is 20.4 Å². The minimum absolute atomic E-state index is 0.0862. The zero-order chi connectivity index (χ0) is 25.2. The number of nitrogens with one attached hydrogen (secondary N) is 3. The quantitative estimate of drug-likeness (QED) is 0.357. The van der Waals surface area contributed by atoms with Crippen molar-refractivity contribution >= 4 is 45.9 Å². The van der Waals surface area contributed by atoms with Gasteiger partial charge in [-0.2, -0.15) is 0 Å². The molecule has 2 aromatic carbocycles. The number of amides is 3. The largest absolute Gasteiger partial charge is 0.355 e. The van der Waals surface area contributed by atoms with Gasteiger partial charge in [0, 0.05) is 43.9 Å². The Hall–Kier alpha value is -4.40. The maximum Gasteiger partial charge on any atom is 0.323 e. The number of carbonyl (C=O) groups is 2. The molecule has 1 unspecified atom stereocenters. The number of piperidine rings is 1. The lowest BCUT2D eigenvalue weighted by Crippen LogP contribution is -2.35. The summed E-state index contributed by atoms with van der Waals surface area (Å²) in [5.74, 6) is 1.37. The highest BCUT2D eigenvalue weighted by atomic mass is 16.2. The highest BCUT2D eigenvalue weighted by Gasteiger charge is 2.25. The molecule has 9 nitrogen and oxygen atoms in total. The van der Waals surface area contributed by atoms with Gasteiger partial charge in [-0.15, -0.1) is 0 Å². The van der Waals surface area contributed by atoms with E-state index >= 15 is 0 Å². The van der Waals surface area contributed by atoms with Gasteiger partial charge in [-0.05, 0) is 55.2 Å². The Bertz CT molecular complexity index is 1450. The fourth-order valence-corrected chi connectivity index (χ4v) is 5.42. The average molecular weight is 496 g/mol. The van der Waals surface area contributed by atoms with Gasteiger partial charge in [0.1, 0.15) is 17.8 Å². The van der Waals surface area contributed by atoms with Crippen molar-refractivity contribution in [1.29, 1.82) is 0 Å². The van der Waals surface area contributed by atoms with E-state index in [9.17, 15) is 9.59 Å². The summed E-state index contributed by atoms with van der Waals surface area (Å²) in [7, 11) is 0. The van der Waals surface area contributed by atoms with Gasteiger partial charge in [0.2, 0.25) is 5.91 Å². The third kappa shape index (κ3) is 4.72. The van der Waals surface area contributed by atoms with Crippen molar-refractivity contribution in [2.75, 3.05) is 40.1 Å². The number of aromatic nitrogens is 3. The molecule has 0 radical (unpaired) electrons. The van der Waals surface area contributed by atoms with Crippen molar-refractivity contribution < 1.29 is 9.59 Å². The molecule has 188 valence electrons. The summed E-state index contributed by atoms with van der Waals surface area (Å²) in [6.07, 6.45) is 7.01. The molecule has 0 spiro atoms. The van der Waals surface area contributed by atoms with E-state index in [4.69, 9.17) is 0 Å². The molecule has 3 N–H and O–H groups in total. The second kappa shape index (κ2) is 9.93. The maximum atomic E-state index is 12.9. The summed E-state index contributed by atoms with van der Waals surface area (Å²) in [4.78, 5) is 41.3. The molecule has 3 amide bonds. The molecule has 2 saturated heterocycles. The molecule has 0 bridgehead atoms. The molecular formula is C28H29N7O2. The number of anilines is 4. The summed E-state index contributed by atoms with van der Waals surface area (Å²) in [6.45, 7) is 2.47. The van der Waals surface area contributed by atoms with Crippen LogP contribution in [0.15, 0.2) is 67.1 Å². The van der Waals surface area contributed by atoms with E-state index in [1.807, 2.05) is 48.7 Å².